The molecule has 0 amide bonds. The van der Waals surface area contributed by atoms with Gasteiger partial charge in [0.15, 0.2) is 11.6 Å². The van der Waals surface area contributed by atoms with E-state index in [4.69, 9.17) is 10.2 Å². The van der Waals surface area contributed by atoms with Gasteiger partial charge in [-0.3, -0.25) is 0 Å². The minimum Gasteiger partial charge on any atom is -0.505 e. The summed E-state index contributed by atoms with van der Waals surface area (Å²) in [6, 6.07) is 1.45. The van der Waals surface area contributed by atoms with Crippen molar-refractivity contribution in [3.05, 3.63) is 29.3 Å². The first kappa shape index (κ1) is 8.93. The molecule has 0 saturated heterocycles. The van der Waals surface area contributed by atoms with Crippen LogP contribution in [0.1, 0.15) is 18.6 Å². The van der Waals surface area contributed by atoms with Gasteiger partial charge in [0.2, 0.25) is 0 Å². The van der Waals surface area contributed by atoms with E-state index >= 15 is 0 Å². The van der Waals surface area contributed by atoms with Gasteiger partial charge in [-0.15, -0.1) is 0 Å². The number of aliphatic hydroxyl groups excluding tert-OH is 1. The van der Waals surface area contributed by atoms with E-state index in [1.165, 1.54) is 6.92 Å². The molecule has 1 atom stereocenters. The summed E-state index contributed by atoms with van der Waals surface area (Å²) in [5.74, 6) is -2.58. The zero-order valence-electron chi connectivity index (χ0n) is 6.38. The molecule has 0 radical (unpaired) electrons. The fraction of sp³-hybridized carbons (Fsp3) is 0.250. The molecular formula is C8H8F2O2. The van der Waals surface area contributed by atoms with Crippen LogP contribution in [0.25, 0.3) is 0 Å². The van der Waals surface area contributed by atoms with Gasteiger partial charge in [-0.2, -0.15) is 0 Å². The Hall–Kier alpha value is -1.16. The van der Waals surface area contributed by atoms with Crippen LogP contribution in [0.5, 0.6) is 5.75 Å². The standard InChI is InChI=1S/C8H8F2O2/c1-4(11)6-2-5(9)3-7(10)8(6)12/h2-4,11-12H,1H3. The first-order valence-corrected chi connectivity index (χ1v) is 3.38. The van der Waals surface area contributed by atoms with Crippen molar-refractivity contribution < 1.29 is 19.0 Å². The maximum Gasteiger partial charge on any atom is 0.168 e. The molecule has 0 bridgehead atoms. The topological polar surface area (TPSA) is 40.5 Å². The minimum atomic E-state index is -1.09. The number of aliphatic hydroxyl groups is 1. The van der Waals surface area contributed by atoms with Crippen LogP contribution in [0.2, 0.25) is 0 Å². The van der Waals surface area contributed by atoms with Gasteiger partial charge < -0.3 is 10.2 Å². The second kappa shape index (κ2) is 3.06. The summed E-state index contributed by atoms with van der Waals surface area (Å²) in [4.78, 5) is 0. The Labute approximate surface area is 68.1 Å². The average Bonchev–Trinajstić information content (AvgIpc) is 1.96. The van der Waals surface area contributed by atoms with E-state index in [1.807, 2.05) is 0 Å². The molecule has 1 aromatic carbocycles. The number of phenols is 1. The summed E-state index contributed by atoms with van der Waals surface area (Å²) in [7, 11) is 0. The molecule has 1 aromatic rings. The Morgan fingerprint density at radius 1 is 1.33 bits per heavy atom. The first-order valence-electron chi connectivity index (χ1n) is 3.38. The summed E-state index contributed by atoms with van der Waals surface area (Å²) in [6.07, 6.45) is -1.09. The van der Waals surface area contributed by atoms with Gasteiger partial charge in [0, 0.05) is 11.6 Å². The van der Waals surface area contributed by atoms with Gasteiger partial charge in [0.1, 0.15) is 5.82 Å². The molecule has 66 valence electrons. The monoisotopic (exact) mass is 174 g/mol. The predicted molar refractivity (Wildman–Crippen MR) is 38.7 cm³/mol. The van der Waals surface area contributed by atoms with E-state index in [2.05, 4.69) is 0 Å². The second-order valence-electron chi connectivity index (χ2n) is 2.50. The van der Waals surface area contributed by atoms with E-state index in [0.29, 0.717) is 6.07 Å². The second-order valence-corrected chi connectivity index (χ2v) is 2.50. The Kier molecular flexibility index (Phi) is 2.28. The summed E-state index contributed by atoms with van der Waals surface area (Å²) >= 11 is 0. The molecule has 2 nitrogen and oxygen atoms in total. The molecule has 1 rings (SSSR count). The van der Waals surface area contributed by atoms with Crippen molar-refractivity contribution >= 4 is 0 Å². The van der Waals surface area contributed by atoms with Crippen molar-refractivity contribution in [1.82, 2.24) is 0 Å². The van der Waals surface area contributed by atoms with Crippen molar-refractivity contribution in [2.45, 2.75) is 13.0 Å². The predicted octanol–water partition coefficient (Wildman–Crippen LogP) is 1.72. The molecule has 0 saturated carbocycles. The molecule has 12 heavy (non-hydrogen) atoms. The van der Waals surface area contributed by atoms with E-state index in [-0.39, 0.29) is 5.56 Å². The van der Waals surface area contributed by atoms with Crippen molar-refractivity contribution in [2.75, 3.05) is 0 Å². The fourth-order valence-electron chi connectivity index (χ4n) is 0.904. The lowest BCUT2D eigenvalue weighted by Gasteiger charge is -2.07. The van der Waals surface area contributed by atoms with Crippen LogP contribution < -0.4 is 0 Å². The van der Waals surface area contributed by atoms with Crippen LogP contribution in [-0.4, -0.2) is 10.2 Å². The number of hydrogen-bond acceptors (Lipinski definition) is 2. The van der Waals surface area contributed by atoms with Gasteiger partial charge in [-0.05, 0) is 13.0 Å². The van der Waals surface area contributed by atoms with Crippen LogP contribution in [0, 0.1) is 11.6 Å². The Morgan fingerprint density at radius 2 is 1.92 bits per heavy atom. The van der Waals surface area contributed by atoms with E-state index < -0.39 is 23.5 Å². The van der Waals surface area contributed by atoms with Crippen LogP contribution >= 0.6 is 0 Å². The molecule has 0 aromatic heterocycles. The molecule has 0 aliphatic carbocycles. The molecule has 0 heterocycles. The Morgan fingerprint density at radius 3 is 2.42 bits per heavy atom. The lowest BCUT2D eigenvalue weighted by molar-refractivity contribution is 0.193. The summed E-state index contributed by atoms with van der Waals surface area (Å²) < 4.78 is 25.1. The zero-order chi connectivity index (χ0) is 9.30. The molecular weight excluding hydrogens is 166 g/mol. The molecule has 0 fully saturated rings. The molecule has 0 aliphatic rings. The number of halogens is 2. The highest BCUT2D eigenvalue weighted by molar-refractivity contribution is 5.35. The first-order chi connectivity index (χ1) is 5.52. The molecule has 2 N–H and O–H groups in total. The third-order valence-electron chi connectivity index (χ3n) is 1.51. The average molecular weight is 174 g/mol. The molecule has 0 aliphatic heterocycles. The number of benzene rings is 1. The lowest BCUT2D eigenvalue weighted by Crippen LogP contribution is -1.95. The highest BCUT2D eigenvalue weighted by atomic mass is 19.1. The number of aromatic hydroxyl groups is 1. The third-order valence-corrected chi connectivity index (χ3v) is 1.51. The van der Waals surface area contributed by atoms with Crippen molar-refractivity contribution in [3.8, 4) is 5.75 Å². The maximum atomic E-state index is 12.6. The highest BCUT2D eigenvalue weighted by Gasteiger charge is 2.13. The summed E-state index contributed by atoms with van der Waals surface area (Å²) in [5, 5.41) is 18.0. The highest BCUT2D eigenvalue weighted by Crippen LogP contribution is 2.27. The smallest absolute Gasteiger partial charge is 0.168 e. The summed E-state index contributed by atoms with van der Waals surface area (Å²) in [6.45, 7) is 1.31. The van der Waals surface area contributed by atoms with Crippen molar-refractivity contribution in [2.24, 2.45) is 0 Å². The Balaban J connectivity index is 3.28. The molecule has 0 spiro atoms. The fourth-order valence-corrected chi connectivity index (χ4v) is 0.904. The quantitative estimate of drug-likeness (QED) is 0.680. The SMILES string of the molecule is CC(O)c1cc(F)cc(F)c1O. The van der Waals surface area contributed by atoms with Gasteiger partial charge >= 0.3 is 0 Å². The van der Waals surface area contributed by atoms with Gasteiger partial charge in [-0.1, -0.05) is 0 Å². The number of hydrogen-bond donors (Lipinski definition) is 2. The normalized spacial score (nSPS) is 13.0. The van der Waals surface area contributed by atoms with Crippen LogP contribution in [-0.2, 0) is 0 Å². The largest absolute Gasteiger partial charge is 0.505 e. The van der Waals surface area contributed by atoms with Crippen LogP contribution in [0.15, 0.2) is 12.1 Å². The van der Waals surface area contributed by atoms with E-state index in [1.54, 1.807) is 0 Å². The van der Waals surface area contributed by atoms with Gasteiger partial charge in [-0.25, -0.2) is 8.78 Å². The number of phenolic OH excluding ortho intramolecular Hbond substituents is 1. The van der Waals surface area contributed by atoms with Crippen LogP contribution in [0.3, 0.4) is 0 Å². The third kappa shape index (κ3) is 1.53. The van der Waals surface area contributed by atoms with E-state index in [0.717, 1.165) is 6.07 Å². The van der Waals surface area contributed by atoms with Gasteiger partial charge in [0.05, 0.1) is 6.10 Å². The van der Waals surface area contributed by atoms with Gasteiger partial charge in [0.25, 0.3) is 0 Å². The van der Waals surface area contributed by atoms with E-state index in [9.17, 15) is 8.78 Å². The van der Waals surface area contributed by atoms with Crippen LogP contribution in [0.4, 0.5) is 8.78 Å². The minimum absolute atomic E-state index is 0.146. The lowest BCUT2D eigenvalue weighted by atomic mass is 10.1. The maximum absolute atomic E-state index is 12.6. The molecule has 4 heteroatoms. The zero-order valence-corrected chi connectivity index (χ0v) is 6.38. The molecule has 1 unspecified atom stereocenters. The van der Waals surface area contributed by atoms with Crippen molar-refractivity contribution in [1.29, 1.82) is 0 Å². The number of rotatable bonds is 1. The Bertz CT molecular complexity index is 297. The van der Waals surface area contributed by atoms with Crippen molar-refractivity contribution in [3.63, 3.8) is 0 Å². The summed E-state index contributed by atoms with van der Waals surface area (Å²) in [5.41, 5.74) is -0.146.